The highest BCUT2D eigenvalue weighted by Crippen LogP contribution is 2.36. The molecule has 164 valence electrons. The number of benzene rings is 1. The first-order chi connectivity index (χ1) is 15.0. The third-order valence-corrected chi connectivity index (χ3v) is 6.21. The van der Waals surface area contributed by atoms with Gasteiger partial charge in [-0.05, 0) is 61.8 Å². The molecule has 1 aliphatic carbocycles. The minimum Gasteiger partial charge on any atom is -0.355 e. The zero-order chi connectivity index (χ0) is 21.8. The summed E-state index contributed by atoms with van der Waals surface area (Å²) in [6, 6.07) is 4.31. The Kier molecular flexibility index (Phi) is 6.56. The van der Waals surface area contributed by atoms with Crippen LogP contribution in [0, 0.1) is 17.7 Å². The zero-order valence-electron chi connectivity index (χ0n) is 17.6. The number of carbonyl (C=O) groups is 2. The normalized spacial score (nSPS) is 23.5. The number of amides is 2. The monoisotopic (exact) mass is 426 g/mol. The van der Waals surface area contributed by atoms with Crippen LogP contribution in [0.3, 0.4) is 0 Å². The molecular weight excluding hydrogens is 399 g/mol. The van der Waals surface area contributed by atoms with Crippen LogP contribution in [-0.2, 0) is 16.1 Å². The van der Waals surface area contributed by atoms with Gasteiger partial charge in [-0.1, -0.05) is 0 Å². The van der Waals surface area contributed by atoms with Crippen molar-refractivity contribution in [1.82, 2.24) is 20.3 Å². The van der Waals surface area contributed by atoms with E-state index in [4.69, 9.17) is 4.84 Å². The molecule has 2 heterocycles. The lowest BCUT2D eigenvalue weighted by Crippen LogP contribution is -2.37. The van der Waals surface area contributed by atoms with Gasteiger partial charge in [0.2, 0.25) is 5.91 Å². The molecule has 2 amide bonds. The molecule has 0 unspecified atom stereocenters. The topological polar surface area (TPSA) is 84.4 Å². The van der Waals surface area contributed by atoms with Crippen LogP contribution >= 0.6 is 0 Å². The van der Waals surface area contributed by atoms with E-state index in [1.807, 2.05) is 0 Å². The molecule has 31 heavy (non-hydrogen) atoms. The van der Waals surface area contributed by atoms with Crippen molar-refractivity contribution < 1.29 is 18.8 Å². The maximum atomic E-state index is 13.9. The summed E-state index contributed by atoms with van der Waals surface area (Å²) in [6.45, 7) is 0.496. The van der Waals surface area contributed by atoms with Gasteiger partial charge in [0.05, 0.1) is 18.5 Å². The molecule has 1 saturated carbocycles. The first-order valence-corrected chi connectivity index (χ1v) is 10.8. The second-order valence-electron chi connectivity index (χ2n) is 8.28. The quantitative estimate of drug-likeness (QED) is 0.794. The van der Waals surface area contributed by atoms with Gasteiger partial charge >= 0.3 is 0 Å². The van der Waals surface area contributed by atoms with Crippen molar-refractivity contribution >= 4 is 11.8 Å². The number of hydroxylamine groups is 2. The first kappa shape index (κ1) is 21.4. The van der Waals surface area contributed by atoms with Gasteiger partial charge in [-0.15, -0.1) is 0 Å². The molecule has 1 aromatic carbocycles. The molecule has 8 heteroatoms. The predicted molar refractivity (Wildman–Crippen MR) is 111 cm³/mol. The molecule has 4 rings (SSSR count). The third-order valence-electron chi connectivity index (χ3n) is 6.21. The zero-order valence-corrected chi connectivity index (χ0v) is 17.6. The number of aromatic nitrogens is 2. The van der Waals surface area contributed by atoms with Gasteiger partial charge in [0.25, 0.3) is 5.91 Å². The summed E-state index contributed by atoms with van der Waals surface area (Å²) in [5.41, 5.74) is 1.90. The van der Waals surface area contributed by atoms with E-state index < -0.39 is 5.82 Å². The minimum atomic E-state index is -0.402. The Hall–Kier alpha value is -2.87. The highest BCUT2D eigenvalue weighted by Gasteiger charge is 2.37. The number of hydrogen-bond acceptors (Lipinski definition) is 5. The SMILES string of the molecule is CNC(=O)c1cc(F)cc(C[C@H]2CC[C@H](C(=O)N3OCC[C@H]3c3cnccn3)CC2)c1. The molecule has 2 aliphatic rings. The Morgan fingerprint density at radius 3 is 2.68 bits per heavy atom. The Balaban J connectivity index is 1.35. The van der Waals surface area contributed by atoms with Crippen LogP contribution in [0.2, 0.25) is 0 Å². The van der Waals surface area contributed by atoms with Crippen LogP contribution in [0.4, 0.5) is 4.39 Å². The molecule has 1 atom stereocenters. The van der Waals surface area contributed by atoms with Crippen molar-refractivity contribution in [2.45, 2.75) is 44.6 Å². The van der Waals surface area contributed by atoms with Crippen LogP contribution in [-0.4, -0.2) is 40.5 Å². The Morgan fingerprint density at radius 2 is 1.97 bits per heavy atom. The molecule has 2 fully saturated rings. The highest BCUT2D eigenvalue weighted by molar-refractivity contribution is 5.94. The first-order valence-electron chi connectivity index (χ1n) is 10.8. The minimum absolute atomic E-state index is 0.0132. The summed E-state index contributed by atoms with van der Waals surface area (Å²) >= 11 is 0. The van der Waals surface area contributed by atoms with Crippen LogP contribution in [0.15, 0.2) is 36.8 Å². The summed E-state index contributed by atoms with van der Waals surface area (Å²) in [5, 5.41) is 4.03. The van der Waals surface area contributed by atoms with Crippen LogP contribution < -0.4 is 5.32 Å². The van der Waals surface area contributed by atoms with Crippen molar-refractivity contribution in [3.63, 3.8) is 0 Å². The van der Waals surface area contributed by atoms with E-state index in [0.717, 1.165) is 36.9 Å². The van der Waals surface area contributed by atoms with Crippen LogP contribution in [0.1, 0.15) is 59.8 Å². The van der Waals surface area contributed by atoms with E-state index in [0.29, 0.717) is 30.9 Å². The molecule has 2 aromatic rings. The van der Waals surface area contributed by atoms with E-state index in [1.165, 1.54) is 24.2 Å². The molecule has 1 aromatic heterocycles. The smallest absolute Gasteiger partial charge is 0.251 e. The second-order valence-corrected chi connectivity index (χ2v) is 8.28. The second kappa shape index (κ2) is 9.51. The lowest BCUT2D eigenvalue weighted by Gasteiger charge is -2.31. The third kappa shape index (κ3) is 4.90. The van der Waals surface area contributed by atoms with Gasteiger partial charge in [-0.2, -0.15) is 0 Å². The maximum Gasteiger partial charge on any atom is 0.251 e. The highest BCUT2D eigenvalue weighted by atomic mass is 19.1. The molecule has 0 bridgehead atoms. The van der Waals surface area contributed by atoms with E-state index in [2.05, 4.69) is 15.3 Å². The maximum absolute atomic E-state index is 13.9. The Bertz CT molecular complexity index is 932. The number of carbonyl (C=O) groups excluding carboxylic acids is 2. The number of halogens is 1. The lowest BCUT2D eigenvalue weighted by molar-refractivity contribution is -0.183. The summed E-state index contributed by atoms with van der Waals surface area (Å²) in [5.74, 6) is -0.403. The largest absolute Gasteiger partial charge is 0.355 e. The molecule has 1 N–H and O–H groups in total. The summed E-state index contributed by atoms with van der Waals surface area (Å²) in [4.78, 5) is 39.0. The van der Waals surface area contributed by atoms with E-state index in [1.54, 1.807) is 24.7 Å². The number of nitrogens with zero attached hydrogens (tertiary/aromatic N) is 3. The fraction of sp³-hybridized carbons (Fsp3) is 0.478. The fourth-order valence-corrected chi connectivity index (χ4v) is 4.61. The van der Waals surface area contributed by atoms with Crippen molar-refractivity contribution in [2.75, 3.05) is 13.7 Å². The lowest BCUT2D eigenvalue weighted by atomic mass is 9.78. The van der Waals surface area contributed by atoms with E-state index in [9.17, 15) is 14.0 Å². The molecule has 1 saturated heterocycles. The van der Waals surface area contributed by atoms with Gasteiger partial charge in [0.15, 0.2) is 0 Å². The predicted octanol–water partition coefficient (Wildman–Crippen LogP) is 3.23. The standard InChI is InChI=1S/C23H27FN4O3/c1-25-22(29)18-11-16(12-19(24)13-18)10-15-2-4-17(5-3-15)23(30)28-21(6-9-31-28)20-14-26-7-8-27-20/h7-8,11-15,17,21H,2-6,9-10H2,1H3,(H,25,29)/t15-,17-,21-/m0/s1. The van der Waals surface area contributed by atoms with Gasteiger partial charge < -0.3 is 5.32 Å². The van der Waals surface area contributed by atoms with Gasteiger partial charge in [0.1, 0.15) is 11.9 Å². The summed E-state index contributed by atoms with van der Waals surface area (Å²) in [7, 11) is 1.53. The van der Waals surface area contributed by atoms with E-state index in [-0.39, 0.29) is 23.8 Å². The molecule has 1 aliphatic heterocycles. The van der Waals surface area contributed by atoms with Crippen molar-refractivity contribution in [3.05, 3.63) is 59.4 Å². The van der Waals surface area contributed by atoms with Crippen LogP contribution in [0.5, 0.6) is 0 Å². The van der Waals surface area contributed by atoms with Gasteiger partial charge in [-0.3, -0.25) is 24.4 Å². The Morgan fingerprint density at radius 1 is 1.16 bits per heavy atom. The summed E-state index contributed by atoms with van der Waals surface area (Å²) in [6.07, 6.45) is 9.65. The summed E-state index contributed by atoms with van der Waals surface area (Å²) < 4.78 is 13.9. The number of nitrogens with one attached hydrogen (secondary N) is 1. The van der Waals surface area contributed by atoms with Crippen molar-refractivity contribution in [3.8, 4) is 0 Å². The average molecular weight is 426 g/mol. The van der Waals surface area contributed by atoms with Crippen LogP contribution in [0.25, 0.3) is 0 Å². The molecule has 7 nitrogen and oxygen atoms in total. The number of hydrogen-bond donors (Lipinski definition) is 1. The fourth-order valence-electron chi connectivity index (χ4n) is 4.61. The molecule has 0 radical (unpaired) electrons. The van der Waals surface area contributed by atoms with Crippen molar-refractivity contribution in [2.24, 2.45) is 11.8 Å². The number of rotatable bonds is 5. The molecule has 0 spiro atoms. The average Bonchev–Trinajstić information content (AvgIpc) is 3.29. The van der Waals surface area contributed by atoms with Gasteiger partial charge in [0, 0.05) is 37.3 Å². The van der Waals surface area contributed by atoms with Crippen molar-refractivity contribution in [1.29, 1.82) is 0 Å². The van der Waals surface area contributed by atoms with E-state index >= 15 is 0 Å². The Labute approximate surface area is 181 Å². The van der Waals surface area contributed by atoms with Gasteiger partial charge in [-0.25, -0.2) is 9.45 Å². The molecular formula is C23H27FN4O3.